The molecule has 26 heavy (non-hydrogen) atoms. The van der Waals surface area contributed by atoms with Crippen LogP contribution in [-0.2, 0) is 4.79 Å². The lowest BCUT2D eigenvalue weighted by Crippen LogP contribution is -2.05. The Morgan fingerprint density at radius 2 is 2.12 bits per heavy atom. The molecule has 0 unspecified atom stereocenters. The highest BCUT2D eigenvalue weighted by Gasteiger charge is 2.14. The highest BCUT2D eigenvalue weighted by atomic mass is 16.3. The molecule has 2 aromatic heterocycles. The Morgan fingerprint density at radius 1 is 1.35 bits per heavy atom. The molecule has 0 fully saturated rings. The first-order valence-corrected chi connectivity index (χ1v) is 8.01. The minimum atomic E-state index is -0.744. The highest BCUT2D eigenvalue weighted by molar-refractivity contribution is 5.97. The van der Waals surface area contributed by atoms with Gasteiger partial charge in [0.2, 0.25) is 5.91 Å². The molecule has 1 aromatic carbocycles. The summed E-state index contributed by atoms with van der Waals surface area (Å²) in [7, 11) is 0. The van der Waals surface area contributed by atoms with E-state index >= 15 is 0 Å². The molecule has 2 heterocycles. The number of nitrogens with two attached hydrogens (primary N) is 1. The Kier molecular flexibility index (Phi) is 4.64. The first-order chi connectivity index (χ1) is 12.4. The second kappa shape index (κ2) is 6.89. The third kappa shape index (κ3) is 3.38. The van der Waals surface area contributed by atoms with Crippen LogP contribution in [0, 0.1) is 0 Å². The fourth-order valence-corrected chi connectivity index (χ4v) is 2.73. The van der Waals surface area contributed by atoms with Crippen molar-refractivity contribution >= 4 is 28.9 Å². The van der Waals surface area contributed by atoms with E-state index in [4.69, 9.17) is 5.73 Å². The fourth-order valence-electron chi connectivity index (χ4n) is 2.73. The van der Waals surface area contributed by atoms with Gasteiger partial charge in [0.1, 0.15) is 5.52 Å². The van der Waals surface area contributed by atoms with E-state index in [1.165, 1.54) is 13.0 Å². The maximum Gasteiger partial charge on any atom is 0.241 e. The number of aliphatic hydroxyl groups is 1. The molecule has 4 N–H and O–H groups in total. The summed E-state index contributed by atoms with van der Waals surface area (Å²) in [6, 6.07) is 5.20. The number of aromatic nitrogens is 3. The number of rotatable bonds is 5. The van der Waals surface area contributed by atoms with Crippen molar-refractivity contribution in [1.82, 2.24) is 15.0 Å². The molecule has 1 amide bonds. The van der Waals surface area contributed by atoms with Gasteiger partial charge in [0.05, 0.1) is 18.0 Å². The Hall–Kier alpha value is -3.32. The summed E-state index contributed by atoms with van der Waals surface area (Å²) in [6.45, 7) is 3.07. The predicted molar refractivity (Wildman–Crippen MR) is 98.2 cm³/mol. The van der Waals surface area contributed by atoms with Gasteiger partial charge < -0.3 is 15.8 Å². The average molecular weight is 350 g/mol. The number of fused-ring (bicyclic) bond motifs is 1. The lowest BCUT2D eigenvalue weighted by molar-refractivity contribution is -0.113. The number of H-pyrrole nitrogens is 1. The summed E-state index contributed by atoms with van der Waals surface area (Å²) in [5.74, 6) is -0.688. The van der Waals surface area contributed by atoms with Gasteiger partial charge in [-0.15, -0.1) is 0 Å². The Bertz CT molecular complexity index is 1030. The number of hydrogen-bond donors (Lipinski definition) is 3. The maximum absolute atomic E-state index is 11.9. The molecule has 3 aromatic rings. The first kappa shape index (κ1) is 17.5. The number of amides is 1. The smallest absolute Gasteiger partial charge is 0.241 e. The van der Waals surface area contributed by atoms with Crippen molar-refractivity contribution in [2.75, 3.05) is 0 Å². The van der Waals surface area contributed by atoms with Gasteiger partial charge in [0.25, 0.3) is 0 Å². The van der Waals surface area contributed by atoms with E-state index in [1.54, 1.807) is 43.6 Å². The largest absolute Gasteiger partial charge is 0.389 e. The summed E-state index contributed by atoms with van der Waals surface area (Å²) in [5.41, 5.74) is 9.28. The molecule has 0 aliphatic carbocycles. The van der Waals surface area contributed by atoms with Gasteiger partial charge in [-0.3, -0.25) is 9.59 Å². The Balaban J connectivity index is 2.10. The molecule has 1 atom stereocenters. The second-order valence-corrected chi connectivity index (χ2v) is 5.97. The maximum atomic E-state index is 11.9. The molecule has 0 spiro atoms. The van der Waals surface area contributed by atoms with Crippen LogP contribution in [-0.4, -0.2) is 31.7 Å². The summed E-state index contributed by atoms with van der Waals surface area (Å²) in [5, 5.41) is 9.84. The monoisotopic (exact) mass is 350 g/mol. The van der Waals surface area contributed by atoms with Crippen LogP contribution in [0.4, 0.5) is 0 Å². The number of benzene rings is 1. The third-order valence-corrected chi connectivity index (χ3v) is 4.02. The van der Waals surface area contributed by atoms with Crippen LogP contribution in [0.1, 0.15) is 41.4 Å². The zero-order valence-electron chi connectivity index (χ0n) is 14.4. The average Bonchev–Trinajstić information content (AvgIpc) is 3.01. The van der Waals surface area contributed by atoms with Crippen LogP contribution in [0.2, 0.25) is 0 Å². The van der Waals surface area contributed by atoms with Gasteiger partial charge in [-0.2, -0.15) is 0 Å². The fraction of sp³-hybridized carbons (Fsp3) is 0.158. The van der Waals surface area contributed by atoms with Crippen molar-refractivity contribution in [3.63, 3.8) is 0 Å². The molecular weight excluding hydrogens is 332 g/mol. The van der Waals surface area contributed by atoms with Crippen molar-refractivity contribution < 1.29 is 14.7 Å². The Morgan fingerprint density at radius 3 is 2.77 bits per heavy atom. The Labute approximate surface area is 149 Å². The van der Waals surface area contributed by atoms with Crippen molar-refractivity contribution in [2.45, 2.75) is 20.0 Å². The lowest BCUT2D eigenvalue weighted by atomic mass is 9.97. The summed E-state index contributed by atoms with van der Waals surface area (Å²) >= 11 is 0. The van der Waals surface area contributed by atoms with Crippen molar-refractivity contribution in [3.8, 4) is 11.3 Å². The molecule has 0 aliphatic rings. The SMILES string of the molecule is CC(=O)c1cc(-c2cnc3[nH]cc(/C=C/C(N)=O)c3n2)ccc1[C@H](C)O. The van der Waals surface area contributed by atoms with E-state index < -0.39 is 12.0 Å². The zero-order valence-corrected chi connectivity index (χ0v) is 14.4. The molecule has 0 bridgehead atoms. The molecular formula is C19H18N4O3. The van der Waals surface area contributed by atoms with E-state index in [9.17, 15) is 14.7 Å². The van der Waals surface area contributed by atoms with Crippen LogP contribution >= 0.6 is 0 Å². The van der Waals surface area contributed by atoms with Gasteiger partial charge in [0, 0.05) is 29.0 Å². The summed E-state index contributed by atoms with van der Waals surface area (Å²) in [4.78, 5) is 34.8. The van der Waals surface area contributed by atoms with Crippen molar-refractivity contribution in [3.05, 3.63) is 53.4 Å². The van der Waals surface area contributed by atoms with E-state index in [1.807, 2.05) is 0 Å². The van der Waals surface area contributed by atoms with Crippen LogP contribution in [0.3, 0.4) is 0 Å². The number of carbonyl (C=O) groups excluding carboxylic acids is 2. The number of nitrogens with zero attached hydrogens (tertiary/aromatic N) is 2. The minimum Gasteiger partial charge on any atom is -0.389 e. The summed E-state index contributed by atoms with van der Waals surface area (Å²) < 4.78 is 0. The summed E-state index contributed by atoms with van der Waals surface area (Å²) in [6.07, 6.45) is 5.36. The topological polar surface area (TPSA) is 122 Å². The quantitative estimate of drug-likeness (QED) is 0.482. The number of ketones is 1. The third-order valence-electron chi connectivity index (χ3n) is 4.02. The number of hydrogen-bond acceptors (Lipinski definition) is 5. The molecule has 3 rings (SSSR count). The standard InChI is InChI=1S/C19H18N4O3/c1-10(24)14-5-3-12(7-15(14)11(2)25)16-9-22-19-18(23-16)13(8-21-19)4-6-17(20)26/h3-10,24H,1-2H3,(H2,20,26)(H,21,22)/b6-4+/t10-/m0/s1. The minimum absolute atomic E-state index is 0.136. The molecule has 132 valence electrons. The number of Topliss-reactive ketones (excluding diaryl/α,β-unsaturated/α-hetero) is 1. The lowest BCUT2D eigenvalue weighted by Gasteiger charge is -2.11. The molecule has 7 heteroatoms. The molecule has 0 radical (unpaired) electrons. The first-order valence-electron chi connectivity index (χ1n) is 8.01. The van der Waals surface area contributed by atoms with Gasteiger partial charge in [-0.1, -0.05) is 12.1 Å². The van der Waals surface area contributed by atoms with Gasteiger partial charge in [-0.25, -0.2) is 9.97 Å². The van der Waals surface area contributed by atoms with E-state index in [0.717, 1.165) is 0 Å². The van der Waals surface area contributed by atoms with Crippen molar-refractivity contribution in [2.24, 2.45) is 5.73 Å². The zero-order chi connectivity index (χ0) is 18.8. The van der Waals surface area contributed by atoms with E-state index in [2.05, 4.69) is 15.0 Å². The number of primary amides is 1. The molecule has 0 aliphatic heterocycles. The molecule has 7 nitrogen and oxygen atoms in total. The van der Waals surface area contributed by atoms with Crippen molar-refractivity contribution in [1.29, 1.82) is 0 Å². The van der Waals surface area contributed by atoms with Gasteiger partial charge in [0.15, 0.2) is 11.4 Å². The van der Waals surface area contributed by atoms with E-state index in [0.29, 0.717) is 39.1 Å². The number of carbonyl (C=O) groups is 2. The predicted octanol–water partition coefficient (Wildman–Crippen LogP) is 2.38. The molecule has 0 saturated carbocycles. The van der Waals surface area contributed by atoms with Crippen LogP contribution in [0.15, 0.2) is 36.7 Å². The van der Waals surface area contributed by atoms with Gasteiger partial charge >= 0.3 is 0 Å². The number of nitrogens with one attached hydrogen (secondary N) is 1. The van der Waals surface area contributed by atoms with E-state index in [-0.39, 0.29) is 5.78 Å². The van der Waals surface area contributed by atoms with Gasteiger partial charge in [-0.05, 0) is 31.6 Å². The second-order valence-electron chi connectivity index (χ2n) is 5.97. The number of aliphatic hydroxyl groups excluding tert-OH is 1. The number of aromatic amines is 1. The molecule has 0 saturated heterocycles. The van der Waals surface area contributed by atoms with Crippen LogP contribution in [0.25, 0.3) is 28.5 Å². The van der Waals surface area contributed by atoms with Crippen LogP contribution < -0.4 is 5.73 Å². The normalized spacial score (nSPS) is 12.6. The highest BCUT2D eigenvalue weighted by Crippen LogP contribution is 2.26. The van der Waals surface area contributed by atoms with Crippen LogP contribution in [0.5, 0.6) is 0 Å².